The number of aliphatic carboxylic acids is 1. The smallest absolute Gasteiger partial charge is 0.352 e. The van der Waals surface area contributed by atoms with E-state index in [4.69, 9.17) is 0 Å². The van der Waals surface area contributed by atoms with Gasteiger partial charge in [0.15, 0.2) is 0 Å². The van der Waals surface area contributed by atoms with Gasteiger partial charge in [-0.2, -0.15) is 4.09 Å². The monoisotopic (exact) mass is 437 g/mol. The zero-order valence-electron chi connectivity index (χ0n) is 14.3. The van der Waals surface area contributed by atoms with Gasteiger partial charge in [0, 0.05) is 16.4 Å². The van der Waals surface area contributed by atoms with Gasteiger partial charge in [-0.25, -0.2) is 4.79 Å². The average molecular weight is 438 g/mol. The fourth-order valence-electron chi connectivity index (χ4n) is 3.00. The summed E-state index contributed by atoms with van der Waals surface area (Å²) in [7, 11) is 0. The van der Waals surface area contributed by atoms with E-state index in [2.05, 4.69) is 15.6 Å². The van der Waals surface area contributed by atoms with Crippen molar-refractivity contribution in [1.82, 2.24) is 24.6 Å². The molecule has 0 aliphatic carbocycles. The van der Waals surface area contributed by atoms with Gasteiger partial charge in [-0.1, -0.05) is 11.3 Å². The molecule has 2 atom stereocenters. The maximum Gasteiger partial charge on any atom is 0.352 e. The summed E-state index contributed by atoms with van der Waals surface area (Å²) in [5.41, 5.74) is 0.649. The minimum Gasteiger partial charge on any atom is -0.477 e. The molecular formula is C16H15N5O4S3. The maximum absolute atomic E-state index is 12.6. The fourth-order valence-corrected chi connectivity index (χ4v) is 5.94. The minimum absolute atomic E-state index is 0.00474. The normalized spacial score (nSPS) is 21.3. The predicted molar refractivity (Wildman–Crippen MR) is 106 cm³/mol. The summed E-state index contributed by atoms with van der Waals surface area (Å²) in [6, 6.07) is 3.03. The van der Waals surface area contributed by atoms with Gasteiger partial charge in [-0.05, 0) is 29.0 Å². The molecule has 0 unspecified atom stereocenters. The Hall–Kier alpha value is -2.31. The van der Waals surface area contributed by atoms with Crippen LogP contribution in [0.1, 0.15) is 4.88 Å². The first-order chi connectivity index (χ1) is 13.5. The summed E-state index contributed by atoms with van der Waals surface area (Å²) in [6.45, 7) is 0. The van der Waals surface area contributed by atoms with Gasteiger partial charge in [0.2, 0.25) is 5.91 Å². The van der Waals surface area contributed by atoms with Gasteiger partial charge in [0.05, 0.1) is 18.8 Å². The van der Waals surface area contributed by atoms with Gasteiger partial charge in [0.1, 0.15) is 17.1 Å². The number of thioether (sulfide) groups is 1. The molecular weight excluding hydrogens is 422 g/mol. The van der Waals surface area contributed by atoms with E-state index in [1.165, 1.54) is 50.2 Å². The molecule has 146 valence electrons. The van der Waals surface area contributed by atoms with Crippen molar-refractivity contribution in [1.29, 1.82) is 0 Å². The molecule has 12 heteroatoms. The van der Waals surface area contributed by atoms with Crippen LogP contribution in [0.2, 0.25) is 0 Å². The average Bonchev–Trinajstić information content (AvgIpc) is 3.37. The van der Waals surface area contributed by atoms with Crippen LogP contribution in [0.3, 0.4) is 0 Å². The number of amides is 2. The Labute approximate surface area is 172 Å². The second-order valence-corrected chi connectivity index (χ2v) is 9.11. The van der Waals surface area contributed by atoms with Gasteiger partial charge >= 0.3 is 5.97 Å². The van der Waals surface area contributed by atoms with Crippen LogP contribution < -0.4 is 5.32 Å². The first-order valence-electron chi connectivity index (χ1n) is 8.26. The van der Waals surface area contributed by atoms with Crippen molar-refractivity contribution in [3.05, 3.63) is 46.1 Å². The lowest BCUT2D eigenvalue weighted by Crippen LogP contribution is -2.70. The molecule has 2 N–H and O–H groups in total. The van der Waals surface area contributed by atoms with Crippen molar-refractivity contribution in [3.8, 4) is 0 Å². The molecule has 0 bridgehead atoms. The highest BCUT2D eigenvalue weighted by Crippen LogP contribution is 2.41. The third-order valence-electron chi connectivity index (χ3n) is 4.25. The SMILES string of the molecule is O=C(Cc1cccs1)N[C@@H]1C(=O)N2C(C(=O)O)=C(CSn3ccnn3)CS[C@H]12. The van der Waals surface area contributed by atoms with Gasteiger partial charge < -0.3 is 10.4 Å². The summed E-state index contributed by atoms with van der Waals surface area (Å²) < 4.78 is 1.54. The number of aromatic nitrogens is 3. The number of carboxylic acids is 1. The van der Waals surface area contributed by atoms with Crippen LogP contribution in [-0.2, 0) is 20.8 Å². The number of fused-ring (bicyclic) bond motifs is 1. The Morgan fingerprint density at radius 2 is 2.29 bits per heavy atom. The van der Waals surface area contributed by atoms with Crippen LogP contribution in [0.4, 0.5) is 0 Å². The van der Waals surface area contributed by atoms with Crippen LogP contribution in [0, 0.1) is 0 Å². The lowest BCUT2D eigenvalue weighted by Gasteiger charge is -2.49. The number of nitrogens with zero attached hydrogens (tertiary/aromatic N) is 4. The van der Waals surface area contributed by atoms with Crippen LogP contribution >= 0.6 is 35.0 Å². The lowest BCUT2D eigenvalue weighted by molar-refractivity contribution is -0.150. The van der Waals surface area contributed by atoms with E-state index < -0.39 is 23.3 Å². The first-order valence-corrected chi connectivity index (χ1v) is 11.1. The summed E-state index contributed by atoms with van der Waals surface area (Å²) in [5.74, 6) is -0.929. The third kappa shape index (κ3) is 3.66. The van der Waals surface area contributed by atoms with Crippen LogP contribution in [0.15, 0.2) is 41.2 Å². The minimum atomic E-state index is -1.14. The van der Waals surface area contributed by atoms with Crippen molar-refractivity contribution in [2.24, 2.45) is 0 Å². The van der Waals surface area contributed by atoms with Gasteiger partial charge in [0.25, 0.3) is 5.91 Å². The molecule has 2 amide bonds. The van der Waals surface area contributed by atoms with Crippen molar-refractivity contribution in [2.75, 3.05) is 11.5 Å². The quantitative estimate of drug-likeness (QED) is 0.612. The van der Waals surface area contributed by atoms with Gasteiger partial charge in [-0.3, -0.25) is 14.5 Å². The van der Waals surface area contributed by atoms with E-state index in [9.17, 15) is 19.5 Å². The highest BCUT2D eigenvalue weighted by atomic mass is 32.2. The summed E-state index contributed by atoms with van der Waals surface area (Å²) in [6.07, 6.45) is 3.41. The second-order valence-electron chi connectivity index (χ2n) is 6.05. The number of carbonyl (C=O) groups excluding carboxylic acids is 2. The summed E-state index contributed by atoms with van der Waals surface area (Å²) >= 11 is 4.23. The third-order valence-corrected chi connectivity index (χ3v) is 7.41. The van der Waals surface area contributed by atoms with E-state index >= 15 is 0 Å². The second kappa shape index (κ2) is 7.97. The fraction of sp³-hybridized carbons (Fsp3) is 0.312. The van der Waals surface area contributed by atoms with Crippen molar-refractivity contribution in [2.45, 2.75) is 17.8 Å². The summed E-state index contributed by atoms with van der Waals surface area (Å²) in [4.78, 5) is 38.8. The summed E-state index contributed by atoms with van der Waals surface area (Å²) in [5, 5.41) is 21.4. The Morgan fingerprint density at radius 1 is 1.43 bits per heavy atom. The molecule has 2 aliphatic heterocycles. The molecule has 0 saturated carbocycles. The van der Waals surface area contributed by atoms with Crippen LogP contribution in [0.5, 0.6) is 0 Å². The highest BCUT2D eigenvalue weighted by Gasteiger charge is 2.54. The number of rotatable bonds is 7. The molecule has 0 spiro atoms. The molecule has 28 heavy (non-hydrogen) atoms. The van der Waals surface area contributed by atoms with Crippen molar-refractivity contribution < 1.29 is 19.5 Å². The topological polar surface area (TPSA) is 117 Å². The molecule has 4 heterocycles. The number of β-lactam (4-membered cyclic amide) rings is 1. The lowest BCUT2D eigenvalue weighted by atomic mass is 10.0. The van der Waals surface area contributed by atoms with Crippen molar-refractivity contribution in [3.63, 3.8) is 0 Å². The van der Waals surface area contributed by atoms with E-state index in [-0.39, 0.29) is 18.0 Å². The number of nitrogens with one attached hydrogen (secondary N) is 1. The van der Waals surface area contributed by atoms with E-state index in [1.54, 1.807) is 6.20 Å². The zero-order valence-corrected chi connectivity index (χ0v) is 16.8. The van der Waals surface area contributed by atoms with Crippen LogP contribution in [-0.4, -0.2) is 65.1 Å². The standard InChI is InChI=1S/C16H15N5O4S3/c22-11(6-10-2-1-5-26-10)18-12-14(23)21-13(16(24)25)9(7-27-15(12)21)8-28-20-4-3-17-19-20/h1-5,12,15H,6-8H2,(H,18,22)(H,24,25)/t12-,15-/m1/s1. The predicted octanol–water partition coefficient (Wildman–Crippen LogP) is 0.817. The Morgan fingerprint density at radius 3 is 2.96 bits per heavy atom. The molecule has 0 aromatic carbocycles. The molecule has 2 aromatic heterocycles. The Balaban J connectivity index is 1.44. The van der Waals surface area contributed by atoms with E-state index in [0.717, 1.165) is 4.88 Å². The molecule has 1 saturated heterocycles. The largest absolute Gasteiger partial charge is 0.477 e. The number of hydrogen-bond donors (Lipinski definition) is 2. The highest BCUT2D eigenvalue weighted by molar-refractivity contribution is 8.00. The van der Waals surface area contributed by atoms with Crippen LogP contribution in [0.25, 0.3) is 0 Å². The molecule has 4 rings (SSSR count). The van der Waals surface area contributed by atoms with Gasteiger partial charge in [-0.15, -0.1) is 28.2 Å². The Bertz CT molecular complexity index is 928. The molecule has 1 fully saturated rings. The molecule has 2 aliphatic rings. The number of hydrogen-bond acceptors (Lipinski definition) is 8. The zero-order chi connectivity index (χ0) is 19.7. The number of thiophene rings is 1. The molecule has 0 radical (unpaired) electrons. The maximum atomic E-state index is 12.6. The molecule has 9 nitrogen and oxygen atoms in total. The van der Waals surface area contributed by atoms with E-state index in [1.807, 2.05) is 17.5 Å². The first kappa shape index (κ1) is 19.0. The van der Waals surface area contributed by atoms with Crippen molar-refractivity contribution >= 4 is 52.8 Å². The Kier molecular flexibility index (Phi) is 5.42. The number of carbonyl (C=O) groups is 3. The molecule has 2 aromatic rings. The number of carboxylic acid groups (broad SMARTS) is 1. The van der Waals surface area contributed by atoms with E-state index in [0.29, 0.717) is 17.1 Å².